The molecule has 0 saturated heterocycles. The van der Waals surface area contributed by atoms with Gasteiger partial charge in [0.1, 0.15) is 5.82 Å². The molecule has 0 saturated carbocycles. The number of nitrogens with zero attached hydrogens (tertiary/aromatic N) is 2. The van der Waals surface area contributed by atoms with Crippen LogP contribution >= 0.6 is 11.6 Å². The van der Waals surface area contributed by atoms with E-state index in [-0.39, 0.29) is 5.82 Å². The lowest BCUT2D eigenvalue weighted by atomic mass is 10.2. The minimum atomic E-state index is -0.267. The molecule has 96 valence electrons. The molecule has 2 aromatic rings. The van der Waals surface area contributed by atoms with E-state index in [9.17, 15) is 4.39 Å². The summed E-state index contributed by atoms with van der Waals surface area (Å²) in [6.45, 7) is 1.29. The lowest BCUT2D eigenvalue weighted by molar-refractivity contribution is 0.588. The van der Waals surface area contributed by atoms with E-state index >= 15 is 0 Å². The SMILES string of the molecule is Cn1cc(CCNCc2ccc(Cl)cc2F)cn1. The number of rotatable bonds is 5. The van der Waals surface area contributed by atoms with Gasteiger partial charge in [0.25, 0.3) is 0 Å². The maximum atomic E-state index is 13.5. The summed E-state index contributed by atoms with van der Waals surface area (Å²) < 4.78 is 15.2. The van der Waals surface area contributed by atoms with Crippen LogP contribution in [0.5, 0.6) is 0 Å². The molecule has 0 unspecified atom stereocenters. The van der Waals surface area contributed by atoms with Gasteiger partial charge in [0.2, 0.25) is 0 Å². The Morgan fingerprint density at radius 1 is 1.44 bits per heavy atom. The topological polar surface area (TPSA) is 29.9 Å². The van der Waals surface area contributed by atoms with Gasteiger partial charge in [0.05, 0.1) is 6.20 Å². The standard InChI is InChI=1S/C13H15ClFN3/c1-18-9-10(7-17-18)4-5-16-8-11-2-3-12(14)6-13(11)15/h2-3,6-7,9,16H,4-5,8H2,1H3. The van der Waals surface area contributed by atoms with Gasteiger partial charge < -0.3 is 5.32 Å². The first-order valence-corrected chi connectivity index (χ1v) is 6.15. The van der Waals surface area contributed by atoms with Crippen molar-refractivity contribution in [1.82, 2.24) is 15.1 Å². The van der Waals surface area contributed by atoms with E-state index in [1.54, 1.807) is 16.8 Å². The summed E-state index contributed by atoms with van der Waals surface area (Å²) in [6.07, 6.45) is 4.69. The van der Waals surface area contributed by atoms with Gasteiger partial charge in [0.15, 0.2) is 0 Å². The molecule has 2 rings (SSSR count). The fourth-order valence-corrected chi connectivity index (χ4v) is 1.88. The van der Waals surface area contributed by atoms with Crippen molar-refractivity contribution < 1.29 is 4.39 Å². The largest absolute Gasteiger partial charge is 0.312 e. The molecule has 0 spiro atoms. The number of aromatic nitrogens is 2. The molecular formula is C13H15ClFN3. The van der Waals surface area contributed by atoms with E-state index in [0.29, 0.717) is 17.1 Å². The average molecular weight is 268 g/mol. The van der Waals surface area contributed by atoms with Gasteiger partial charge >= 0.3 is 0 Å². The normalized spacial score (nSPS) is 10.8. The smallest absolute Gasteiger partial charge is 0.129 e. The molecule has 0 radical (unpaired) electrons. The molecule has 0 fully saturated rings. The highest BCUT2D eigenvalue weighted by Crippen LogP contribution is 2.14. The summed E-state index contributed by atoms with van der Waals surface area (Å²) >= 11 is 5.69. The molecule has 18 heavy (non-hydrogen) atoms. The Bertz CT molecular complexity index is 525. The molecule has 0 aliphatic heterocycles. The molecule has 0 amide bonds. The van der Waals surface area contributed by atoms with Crippen LogP contribution in [0.1, 0.15) is 11.1 Å². The van der Waals surface area contributed by atoms with E-state index in [1.807, 2.05) is 19.4 Å². The highest BCUT2D eigenvalue weighted by molar-refractivity contribution is 6.30. The van der Waals surface area contributed by atoms with Crippen molar-refractivity contribution in [3.8, 4) is 0 Å². The maximum absolute atomic E-state index is 13.5. The zero-order chi connectivity index (χ0) is 13.0. The van der Waals surface area contributed by atoms with Gasteiger partial charge in [-0.3, -0.25) is 4.68 Å². The van der Waals surface area contributed by atoms with Crippen molar-refractivity contribution in [3.05, 3.63) is 52.6 Å². The Hall–Kier alpha value is -1.39. The Morgan fingerprint density at radius 3 is 2.94 bits per heavy atom. The predicted molar refractivity (Wildman–Crippen MR) is 70.0 cm³/mol. The molecule has 3 nitrogen and oxygen atoms in total. The summed E-state index contributed by atoms with van der Waals surface area (Å²) in [5.41, 5.74) is 1.80. The third-order valence-electron chi connectivity index (χ3n) is 2.68. The van der Waals surface area contributed by atoms with Gasteiger partial charge in [-0.15, -0.1) is 0 Å². The first kappa shape index (κ1) is 13.1. The van der Waals surface area contributed by atoms with E-state index in [0.717, 1.165) is 13.0 Å². The molecule has 0 atom stereocenters. The van der Waals surface area contributed by atoms with Crippen molar-refractivity contribution in [2.45, 2.75) is 13.0 Å². The van der Waals surface area contributed by atoms with Crippen molar-refractivity contribution in [1.29, 1.82) is 0 Å². The van der Waals surface area contributed by atoms with E-state index in [4.69, 9.17) is 11.6 Å². The Labute approximate surface area is 111 Å². The monoisotopic (exact) mass is 267 g/mol. The van der Waals surface area contributed by atoms with Gasteiger partial charge in [-0.1, -0.05) is 17.7 Å². The van der Waals surface area contributed by atoms with Crippen LogP contribution in [0, 0.1) is 5.82 Å². The summed E-state index contributed by atoms with van der Waals surface area (Å²) in [5.74, 6) is -0.267. The zero-order valence-electron chi connectivity index (χ0n) is 10.2. The zero-order valence-corrected chi connectivity index (χ0v) is 10.9. The highest BCUT2D eigenvalue weighted by Gasteiger charge is 2.02. The summed E-state index contributed by atoms with van der Waals surface area (Å²) in [4.78, 5) is 0. The van der Waals surface area contributed by atoms with Crippen LogP contribution in [0.15, 0.2) is 30.6 Å². The first-order chi connectivity index (χ1) is 8.65. The van der Waals surface area contributed by atoms with Gasteiger partial charge in [-0.25, -0.2) is 4.39 Å². The molecular weight excluding hydrogens is 253 g/mol. The average Bonchev–Trinajstić information content (AvgIpc) is 2.73. The van der Waals surface area contributed by atoms with Crippen LogP contribution < -0.4 is 5.32 Å². The van der Waals surface area contributed by atoms with Crippen LogP contribution in [-0.4, -0.2) is 16.3 Å². The number of nitrogens with one attached hydrogen (secondary N) is 1. The van der Waals surface area contributed by atoms with Crippen molar-refractivity contribution >= 4 is 11.6 Å². The van der Waals surface area contributed by atoms with Crippen molar-refractivity contribution in [2.24, 2.45) is 7.05 Å². The molecule has 1 aromatic heterocycles. The second-order valence-electron chi connectivity index (χ2n) is 4.18. The van der Waals surface area contributed by atoms with E-state index in [1.165, 1.54) is 11.6 Å². The van der Waals surface area contributed by atoms with Gasteiger partial charge in [-0.2, -0.15) is 5.10 Å². The second kappa shape index (κ2) is 5.98. The van der Waals surface area contributed by atoms with Crippen LogP contribution in [0.3, 0.4) is 0 Å². The number of halogens is 2. The molecule has 1 heterocycles. The van der Waals surface area contributed by atoms with Gasteiger partial charge in [0, 0.05) is 30.4 Å². The second-order valence-corrected chi connectivity index (χ2v) is 4.62. The molecule has 1 aromatic carbocycles. The summed E-state index contributed by atoms with van der Waals surface area (Å²) in [6, 6.07) is 4.73. The first-order valence-electron chi connectivity index (χ1n) is 5.77. The van der Waals surface area contributed by atoms with Crippen LogP contribution in [0.2, 0.25) is 5.02 Å². The van der Waals surface area contributed by atoms with Crippen molar-refractivity contribution in [2.75, 3.05) is 6.54 Å². The minimum absolute atomic E-state index is 0.267. The molecule has 0 bridgehead atoms. The fraction of sp³-hybridized carbons (Fsp3) is 0.308. The van der Waals surface area contributed by atoms with Crippen molar-refractivity contribution in [3.63, 3.8) is 0 Å². The fourth-order valence-electron chi connectivity index (χ4n) is 1.72. The molecule has 0 aliphatic rings. The summed E-state index contributed by atoms with van der Waals surface area (Å²) in [5, 5.41) is 7.71. The van der Waals surface area contributed by atoms with Crippen LogP contribution in [0.25, 0.3) is 0 Å². The third-order valence-corrected chi connectivity index (χ3v) is 2.91. The number of hydrogen-bond acceptors (Lipinski definition) is 2. The van der Waals surface area contributed by atoms with Gasteiger partial charge in [-0.05, 0) is 30.7 Å². The number of aryl methyl sites for hydroxylation is 1. The van der Waals surface area contributed by atoms with E-state index < -0.39 is 0 Å². The lowest BCUT2D eigenvalue weighted by Gasteiger charge is -2.05. The lowest BCUT2D eigenvalue weighted by Crippen LogP contribution is -2.17. The Kier molecular flexibility index (Phi) is 4.33. The number of hydrogen-bond donors (Lipinski definition) is 1. The van der Waals surface area contributed by atoms with E-state index in [2.05, 4.69) is 10.4 Å². The van der Waals surface area contributed by atoms with Crippen LogP contribution in [0.4, 0.5) is 4.39 Å². The molecule has 5 heteroatoms. The molecule has 0 aliphatic carbocycles. The minimum Gasteiger partial charge on any atom is -0.312 e. The Morgan fingerprint density at radius 2 is 2.28 bits per heavy atom. The quantitative estimate of drug-likeness (QED) is 0.844. The molecule has 1 N–H and O–H groups in total. The third kappa shape index (κ3) is 3.55. The maximum Gasteiger partial charge on any atom is 0.129 e. The highest BCUT2D eigenvalue weighted by atomic mass is 35.5. The Balaban J connectivity index is 1.78. The van der Waals surface area contributed by atoms with Crippen LogP contribution in [-0.2, 0) is 20.0 Å². The summed E-state index contributed by atoms with van der Waals surface area (Å²) in [7, 11) is 1.89. The number of benzene rings is 1. The predicted octanol–water partition coefficient (Wildman–Crippen LogP) is 2.54.